The van der Waals surface area contributed by atoms with Crippen molar-refractivity contribution in [2.75, 3.05) is 13.2 Å². The summed E-state index contributed by atoms with van der Waals surface area (Å²) >= 11 is 0. The Morgan fingerprint density at radius 1 is 0.745 bits per heavy atom. The van der Waals surface area contributed by atoms with Crippen LogP contribution in [0.4, 0.5) is 5.69 Å². The summed E-state index contributed by atoms with van der Waals surface area (Å²) < 4.78 is 43.7. The summed E-state index contributed by atoms with van der Waals surface area (Å²) in [6.45, 7) is 17.6. The molecule has 3 aromatic rings. The molecule has 0 amide bonds. The molecule has 0 aliphatic heterocycles. The Labute approximate surface area is 279 Å². The van der Waals surface area contributed by atoms with Crippen molar-refractivity contribution < 1.29 is 37.2 Å². The van der Waals surface area contributed by atoms with E-state index >= 15 is 0 Å². The van der Waals surface area contributed by atoms with Gasteiger partial charge in [-0.25, -0.2) is 0 Å². The highest BCUT2D eigenvalue weighted by atomic mass is 32.2. The van der Waals surface area contributed by atoms with Crippen LogP contribution in [-0.2, 0) is 15.5 Å². The first-order valence-electron chi connectivity index (χ1n) is 15.8. The molecule has 2 atom stereocenters. The molecule has 0 aromatic heterocycles. The number of non-ortho nitro benzene ring substituents is 1. The summed E-state index contributed by atoms with van der Waals surface area (Å²) in [7, 11) is -4.24. The van der Waals surface area contributed by atoms with Crippen LogP contribution in [0.5, 0.6) is 17.2 Å². The highest BCUT2D eigenvalue weighted by Crippen LogP contribution is 2.44. The predicted molar refractivity (Wildman–Crippen MR) is 182 cm³/mol. The van der Waals surface area contributed by atoms with E-state index in [1.165, 1.54) is 0 Å². The number of hydrogen-bond donors (Lipinski definition) is 2. The molecule has 0 bridgehead atoms. The van der Waals surface area contributed by atoms with E-state index in [4.69, 9.17) is 13.7 Å². The van der Waals surface area contributed by atoms with Gasteiger partial charge in [0.15, 0.2) is 11.5 Å². The van der Waals surface area contributed by atoms with Crippen molar-refractivity contribution in [2.24, 2.45) is 10.8 Å². The number of nitro groups is 1. The molecular formula is C36H49NO9S. The number of aliphatic hydroxyl groups is 2. The van der Waals surface area contributed by atoms with Gasteiger partial charge in [-0.2, -0.15) is 8.42 Å². The number of rotatable bonds is 14. The third-order valence-electron chi connectivity index (χ3n) is 8.76. The van der Waals surface area contributed by atoms with Gasteiger partial charge in [0.05, 0.1) is 17.1 Å². The Kier molecular flexibility index (Phi) is 11.8. The fourth-order valence-corrected chi connectivity index (χ4v) is 6.04. The van der Waals surface area contributed by atoms with Crippen LogP contribution >= 0.6 is 0 Å². The summed E-state index contributed by atoms with van der Waals surface area (Å²) in [5.74, 6) is 1.05. The maximum Gasteiger partial charge on any atom is 0.339 e. The lowest BCUT2D eigenvalue weighted by Crippen LogP contribution is -2.33. The van der Waals surface area contributed by atoms with Crippen molar-refractivity contribution in [3.05, 3.63) is 87.5 Å². The Hall–Kier alpha value is -3.67. The van der Waals surface area contributed by atoms with Gasteiger partial charge in [0, 0.05) is 17.5 Å². The van der Waals surface area contributed by atoms with Crippen LogP contribution in [0.25, 0.3) is 0 Å². The molecule has 2 N–H and O–H groups in total. The number of aryl methyl sites for hydroxylation is 1. The molecule has 2 unspecified atom stereocenters. The van der Waals surface area contributed by atoms with Crippen LogP contribution in [0.2, 0.25) is 0 Å². The lowest BCUT2D eigenvalue weighted by Gasteiger charge is -2.34. The smallest absolute Gasteiger partial charge is 0.339 e. The first-order valence-corrected chi connectivity index (χ1v) is 17.2. The lowest BCUT2D eigenvalue weighted by molar-refractivity contribution is -0.384. The Bertz CT molecular complexity index is 1630. The monoisotopic (exact) mass is 671 g/mol. The molecule has 0 fully saturated rings. The van der Waals surface area contributed by atoms with Gasteiger partial charge in [0.1, 0.15) is 23.9 Å². The standard InChI is InChI=1S/C36H49NO9S/c1-10-36(11-2,25-12-18-29(24(3)20-25)46-47(42,43)28-16-14-27(15-17-28)37(40)41)26-13-19-30(44-22-32(38)34(4,5)6)31(21-26)45-23-33(39)35(7,8)9/h12-21,32-33,38-39H,10-11,22-23H2,1-9H3. The predicted octanol–water partition coefficient (Wildman–Crippen LogP) is 7.35. The van der Waals surface area contributed by atoms with Gasteiger partial charge in [0.2, 0.25) is 0 Å². The molecule has 11 heteroatoms. The van der Waals surface area contributed by atoms with Gasteiger partial charge in [-0.15, -0.1) is 0 Å². The van der Waals surface area contributed by atoms with Crippen LogP contribution in [0.15, 0.2) is 65.6 Å². The number of nitrogens with zero attached hydrogens (tertiary/aromatic N) is 1. The van der Waals surface area contributed by atoms with E-state index in [1.54, 1.807) is 13.0 Å². The van der Waals surface area contributed by atoms with Crippen molar-refractivity contribution in [2.45, 2.75) is 97.7 Å². The van der Waals surface area contributed by atoms with Crippen LogP contribution in [0.3, 0.4) is 0 Å². The first kappa shape index (κ1) is 37.8. The van der Waals surface area contributed by atoms with Crippen LogP contribution in [0, 0.1) is 27.9 Å². The van der Waals surface area contributed by atoms with Gasteiger partial charge in [-0.1, -0.05) is 73.6 Å². The fraction of sp³-hybridized carbons (Fsp3) is 0.500. The molecular weight excluding hydrogens is 622 g/mol. The van der Waals surface area contributed by atoms with Crippen LogP contribution < -0.4 is 13.7 Å². The molecule has 0 saturated heterocycles. The molecule has 0 aliphatic rings. The molecule has 0 aliphatic carbocycles. The molecule has 3 aromatic carbocycles. The summed E-state index contributed by atoms with van der Waals surface area (Å²) in [5.41, 5.74) is 0.991. The SMILES string of the molecule is CCC(CC)(c1ccc(OS(=O)(=O)c2ccc([N+](=O)[O-])cc2)c(C)c1)c1ccc(OCC(O)C(C)(C)C)c(OCC(O)C(C)(C)C)c1. The first-order chi connectivity index (χ1) is 21.7. The summed E-state index contributed by atoms with van der Waals surface area (Å²) in [6.07, 6.45) is -0.0404. The average molecular weight is 672 g/mol. The Morgan fingerprint density at radius 2 is 1.21 bits per heavy atom. The summed E-state index contributed by atoms with van der Waals surface area (Å²) in [5, 5.41) is 32.3. The zero-order valence-corrected chi connectivity index (χ0v) is 29.7. The van der Waals surface area contributed by atoms with Crippen molar-refractivity contribution in [3.8, 4) is 17.2 Å². The van der Waals surface area contributed by atoms with Gasteiger partial charge in [0.25, 0.3) is 5.69 Å². The molecule has 258 valence electrons. The normalized spacial score (nSPS) is 13.9. The fourth-order valence-electron chi connectivity index (χ4n) is 5.05. The third-order valence-corrected chi connectivity index (χ3v) is 10.0. The number of nitro benzene ring substituents is 1. The minimum atomic E-state index is -4.24. The van der Waals surface area contributed by atoms with E-state index < -0.39 is 38.1 Å². The summed E-state index contributed by atoms with van der Waals surface area (Å²) in [6, 6.07) is 15.6. The highest BCUT2D eigenvalue weighted by molar-refractivity contribution is 7.87. The van der Waals surface area contributed by atoms with Gasteiger partial charge in [-0.05, 0) is 77.6 Å². The summed E-state index contributed by atoms with van der Waals surface area (Å²) in [4.78, 5) is 10.2. The Balaban J connectivity index is 1.99. The number of aliphatic hydroxyl groups excluding tert-OH is 2. The maximum absolute atomic E-state index is 13.0. The zero-order chi connectivity index (χ0) is 35.4. The van der Waals surface area contributed by atoms with E-state index in [0.717, 1.165) is 35.4 Å². The molecule has 47 heavy (non-hydrogen) atoms. The second kappa shape index (κ2) is 14.6. The second-order valence-electron chi connectivity index (χ2n) is 14.1. The van der Waals surface area contributed by atoms with Crippen molar-refractivity contribution in [1.29, 1.82) is 0 Å². The Morgan fingerprint density at radius 3 is 1.66 bits per heavy atom. The minimum Gasteiger partial charge on any atom is -0.487 e. The van der Waals surface area contributed by atoms with Crippen molar-refractivity contribution in [3.63, 3.8) is 0 Å². The third kappa shape index (κ3) is 9.03. The molecule has 0 radical (unpaired) electrons. The minimum absolute atomic E-state index is 0.0464. The largest absolute Gasteiger partial charge is 0.487 e. The van der Waals surface area contributed by atoms with E-state index in [0.29, 0.717) is 29.9 Å². The van der Waals surface area contributed by atoms with Gasteiger partial charge < -0.3 is 23.9 Å². The lowest BCUT2D eigenvalue weighted by atomic mass is 9.70. The van der Waals surface area contributed by atoms with E-state index in [9.17, 15) is 28.7 Å². The quantitative estimate of drug-likeness (QED) is 0.102. The molecule has 3 rings (SSSR count). The number of hydrogen-bond acceptors (Lipinski definition) is 9. The van der Waals surface area contributed by atoms with Crippen molar-refractivity contribution >= 4 is 15.8 Å². The number of benzene rings is 3. The zero-order valence-electron chi connectivity index (χ0n) is 28.9. The topological polar surface area (TPSA) is 145 Å². The van der Waals surface area contributed by atoms with E-state index in [2.05, 4.69) is 13.8 Å². The molecule has 0 heterocycles. The molecule has 10 nitrogen and oxygen atoms in total. The van der Waals surface area contributed by atoms with E-state index in [-0.39, 0.29) is 35.0 Å². The van der Waals surface area contributed by atoms with Crippen LogP contribution in [0.1, 0.15) is 84.9 Å². The molecule has 0 spiro atoms. The van der Waals surface area contributed by atoms with Crippen LogP contribution in [-0.4, -0.2) is 49.0 Å². The average Bonchev–Trinajstić information content (AvgIpc) is 3.00. The van der Waals surface area contributed by atoms with E-state index in [1.807, 2.05) is 71.9 Å². The van der Waals surface area contributed by atoms with Gasteiger partial charge in [-0.3, -0.25) is 10.1 Å². The van der Waals surface area contributed by atoms with Gasteiger partial charge >= 0.3 is 10.1 Å². The second-order valence-corrected chi connectivity index (χ2v) is 15.7. The molecule has 0 saturated carbocycles. The van der Waals surface area contributed by atoms with Crippen molar-refractivity contribution in [1.82, 2.24) is 0 Å². The number of ether oxygens (including phenoxy) is 2. The highest BCUT2D eigenvalue weighted by Gasteiger charge is 2.33. The maximum atomic E-state index is 13.0.